The number of hydrogen-bond donors (Lipinski definition) is 0. The highest BCUT2D eigenvalue weighted by Crippen LogP contribution is 2.26. The molecule has 150 valence electrons. The Labute approximate surface area is 177 Å². The van der Waals surface area contributed by atoms with Crippen molar-refractivity contribution in [3.63, 3.8) is 0 Å². The molecular formula is C21H18ClN7O. The van der Waals surface area contributed by atoms with Gasteiger partial charge in [0.05, 0.1) is 17.3 Å². The fraction of sp³-hybridized carbons (Fsp3) is 0.190. The van der Waals surface area contributed by atoms with E-state index in [0.29, 0.717) is 36.8 Å². The summed E-state index contributed by atoms with van der Waals surface area (Å²) in [4.78, 5) is 29.6. The Bertz CT molecular complexity index is 1200. The number of amides is 1. The SMILES string of the molecule is O=C(c1ccncc1)N1CCN(c2ncnc3c2cnn3-c2cccc(Cl)c2)CC1. The minimum Gasteiger partial charge on any atom is -0.352 e. The van der Waals surface area contributed by atoms with Crippen molar-refractivity contribution in [2.24, 2.45) is 0 Å². The number of carbonyl (C=O) groups excluding carboxylic acids is 1. The quantitative estimate of drug-likeness (QED) is 0.508. The number of anilines is 1. The number of piperazine rings is 1. The molecule has 0 radical (unpaired) electrons. The topological polar surface area (TPSA) is 80.0 Å². The highest BCUT2D eigenvalue weighted by atomic mass is 35.5. The highest BCUT2D eigenvalue weighted by molar-refractivity contribution is 6.30. The Morgan fingerprint density at radius 1 is 1.00 bits per heavy atom. The van der Waals surface area contributed by atoms with E-state index in [2.05, 4.69) is 25.0 Å². The number of benzene rings is 1. The number of rotatable bonds is 3. The molecule has 4 aromatic rings. The van der Waals surface area contributed by atoms with Gasteiger partial charge in [0.15, 0.2) is 5.65 Å². The summed E-state index contributed by atoms with van der Waals surface area (Å²) >= 11 is 6.13. The van der Waals surface area contributed by atoms with Crippen LogP contribution in [0, 0.1) is 0 Å². The molecule has 9 heteroatoms. The van der Waals surface area contributed by atoms with Crippen LogP contribution in [0.5, 0.6) is 0 Å². The molecule has 0 spiro atoms. The van der Waals surface area contributed by atoms with Crippen molar-refractivity contribution in [1.82, 2.24) is 29.6 Å². The van der Waals surface area contributed by atoms with E-state index in [0.717, 1.165) is 22.5 Å². The predicted molar refractivity (Wildman–Crippen MR) is 114 cm³/mol. The van der Waals surface area contributed by atoms with Crippen LogP contribution in [0.1, 0.15) is 10.4 Å². The number of hydrogen-bond acceptors (Lipinski definition) is 6. The Morgan fingerprint density at radius 3 is 2.57 bits per heavy atom. The van der Waals surface area contributed by atoms with E-state index in [1.165, 1.54) is 0 Å². The average molecular weight is 420 g/mol. The summed E-state index contributed by atoms with van der Waals surface area (Å²) in [6, 6.07) is 11.0. The van der Waals surface area contributed by atoms with Gasteiger partial charge in [0.25, 0.3) is 5.91 Å². The van der Waals surface area contributed by atoms with Crippen molar-refractivity contribution >= 4 is 34.4 Å². The number of carbonyl (C=O) groups is 1. The van der Waals surface area contributed by atoms with E-state index in [4.69, 9.17) is 11.6 Å². The molecule has 8 nitrogen and oxygen atoms in total. The van der Waals surface area contributed by atoms with E-state index in [9.17, 15) is 4.79 Å². The van der Waals surface area contributed by atoms with E-state index in [1.807, 2.05) is 29.2 Å². The second-order valence-electron chi connectivity index (χ2n) is 6.99. The van der Waals surface area contributed by atoms with Gasteiger partial charge in [-0.25, -0.2) is 14.6 Å². The van der Waals surface area contributed by atoms with Crippen LogP contribution in [-0.2, 0) is 0 Å². The summed E-state index contributed by atoms with van der Waals surface area (Å²) in [6.07, 6.45) is 6.60. The highest BCUT2D eigenvalue weighted by Gasteiger charge is 2.24. The molecule has 0 saturated carbocycles. The van der Waals surface area contributed by atoms with Crippen LogP contribution < -0.4 is 4.90 Å². The van der Waals surface area contributed by atoms with Gasteiger partial charge in [-0.1, -0.05) is 17.7 Å². The molecule has 30 heavy (non-hydrogen) atoms. The molecule has 1 aliphatic rings. The van der Waals surface area contributed by atoms with Gasteiger partial charge in [0, 0.05) is 49.2 Å². The lowest BCUT2D eigenvalue weighted by atomic mass is 10.2. The minimum atomic E-state index is 0.0265. The van der Waals surface area contributed by atoms with Gasteiger partial charge in [-0.15, -0.1) is 0 Å². The van der Waals surface area contributed by atoms with Gasteiger partial charge in [-0.3, -0.25) is 9.78 Å². The molecule has 0 N–H and O–H groups in total. The van der Waals surface area contributed by atoms with Gasteiger partial charge >= 0.3 is 0 Å². The first-order valence-electron chi connectivity index (χ1n) is 9.59. The van der Waals surface area contributed by atoms with E-state index in [1.54, 1.807) is 41.7 Å². The monoisotopic (exact) mass is 419 g/mol. The molecule has 1 saturated heterocycles. The summed E-state index contributed by atoms with van der Waals surface area (Å²) in [5.41, 5.74) is 2.22. The zero-order valence-electron chi connectivity index (χ0n) is 16.0. The summed E-state index contributed by atoms with van der Waals surface area (Å²) in [5.74, 6) is 0.850. The van der Waals surface area contributed by atoms with E-state index in [-0.39, 0.29) is 5.91 Å². The normalized spacial score (nSPS) is 14.3. The van der Waals surface area contributed by atoms with Gasteiger partial charge in [-0.2, -0.15) is 5.10 Å². The number of nitrogens with zero attached hydrogens (tertiary/aromatic N) is 7. The van der Waals surface area contributed by atoms with Crippen molar-refractivity contribution in [3.8, 4) is 5.69 Å². The standard InChI is InChI=1S/C21H18ClN7O/c22-16-2-1-3-17(12-16)29-20-18(13-26-29)19(24-14-25-20)27-8-10-28(11-9-27)21(30)15-4-6-23-7-5-15/h1-7,12-14H,8-11H2. The van der Waals surface area contributed by atoms with Gasteiger partial charge < -0.3 is 9.80 Å². The lowest BCUT2D eigenvalue weighted by Crippen LogP contribution is -2.49. The lowest BCUT2D eigenvalue weighted by Gasteiger charge is -2.35. The minimum absolute atomic E-state index is 0.0265. The zero-order chi connectivity index (χ0) is 20.5. The molecule has 0 bridgehead atoms. The fourth-order valence-corrected chi connectivity index (χ4v) is 3.86. The molecule has 1 fully saturated rings. The molecule has 4 heterocycles. The Kier molecular flexibility index (Phi) is 4.76. The summed E-state index contributed by atoms with van der Waals surface area (Å²) in [6.45, 7) is 2.61. The summed E-state index contributed by atoms with van der Waals surface area (Å²) < 4.78 is 1.76. The first-order chi connectivity index (χ1) is 14.7. The molecule has 0 atom stereocenters. The second kappa shape index (κ2) is 7.72. The van der Waals surface area contributed by atoms with Gasteiger partial charge in [-0.05, 0) is 30.3 Å². The molecule has 0 aliphatic carbocycles. The van der Waals surface area contributed by atoms with Crippen LogP contribution in [0.15, 0.2) is 61.3 Å². The number of aromatic nitrogens is 5. The molecule has 5 rings (SSSR count). The van der Waals surface area contributed by atoms with Crippen LogP contribution in [0.2, 0.25) is 5.02 Å². The zero-order valence-corrected chi connectivity index (χ0v) is 16.8. The van der Waals surface area contributed by atoms with Crippen molar-refractivity contribution < 1.29 is 4.79 Å². The van der Waals surface area contributed by atoms with Crippen LogP contribution in [0.4, 0.5) is 5.82 Å². The molecule has 0 unspecified atom stereocenters. The maximum absolute atomic E-state index is 12.7. The maximum atomic E-state index is 12.7. The lowest BCUT2D eigenvalue weighted by molar-refractivity contribution is 0.0746. The molecule has 1 amide bonds. The molecule has 1 aromatic carbocycles. The third-order valence-electron chi connectivity index (χ3n) is 5.19. The van der Waals surface area contributed by atoms with Crippen LogP contribution in [-0.4, -0.2) is 61.7 Å². The summed E-state index contributed by atoms with van der Waals surface area (Å²) in [5, 5.41) is 6.01. The largest absolute Gasteiger partial charge is 0.352 e. The van der Waals surface area contributed by atoms with E-state index >= 15 is 0 Å². The van der Waals surface area contributed by atoms with Crippen molar-refractivity contribution in [2.45, 2.75) is 0 Å². The van der Waals surface area contributed by atoms with Crippen molar-refractivity contribution in [2.75, 3.05) is 31.1 Å². The molecule has 1 aliphatic heterocycles. The van der Waals surface area contributed by atoms with Crippen molar-refractivity contribution in [3.05, 3.63) is 71.9 Å². The molecular weight excluding hydrogens is 402 g/mol. The van der Waals surface area contributed by atoms with Gasteiger partial charge in [0.2, 0.25) is 0 Å². The van der Waals surface area contributed by atoms with Crippen LogP contribution in [0.25, 0.3) is 16.7 Å². The third kappa shape index (κ3) is 3.35. The first-order valence-corrected chi connectivity index (χ1v) is 9.97. The Morgan fingerprint density at radius 2 is 1.80 bits per heavy atom. The Balaban J connectivity index is 1.38. The van der Waals surface area contributed by atoms with Gasteiger partial charge in [0.1, 0.15) is 12.1 Å². The summed E-state index contributed by atoms with van der Waals surface area (Å²) in [7, 11) is 0. The number of halogens is 1. The smallest absolute Gasteiger partial charge is 0.254 e. The van der Waals surface area contributed by atoms with Crippen molar-refractivity contribution in [1.29, 1.82) is 0 Å². The fourth-order valence-electron chi connectivity index (χ4n) is 3.68. The Hall–Kier alpha value is -3.52. The predicted octanol–water partition coefficient (Wildman–Crippen LogP) is 2.83. The number of pyridine rings is 1. The third-order valence-corrected chi connectivity index (χ3v) is 5.43. The van der Waals surface area contributed by atoms with Crippen LogP contribution in [0.3, 0.4) is 0 Å². The first kappa shape index (κ1) is 18.5. The average Bonchev–Trinajstić information content (AvgIpc) is 3.24. The maximum Gasteiger partial charge on any atom is 0.254 e. The second-order valence-corrected chi connectivity index (χ2v) is 7.42. The molecule has 3 aromatic heterocycles. The van der Waals surface area contributed by atoms with Crippen LogP contribution >= 0.6 is 11.6 Å². The van der Waals surface area contributed by atoms with E-state index < -0.39 is 0 Å². The number of fused-ring (bicyclic) bond motifs is 1.